The van der Waals surface area contributed by atoms with Crippen molar-refractivity contribution in [1.29, 1.82) is 0 Å². The van der Waals surface area contributed by atoms with Crippen LogP contribution in [0.15, 0.2) is 65.6 Å². The summed E-state index contributed by atoms with van der Waals surface area (Å²) in [4.78, 5) is 39.0. The number of likely N-dealkylation sites (N-methyl/N-ethyl adjacent to an activating group) is 1. The molecule has 1 amide bonds. The Morgan fingerprint density at radius 2 is 1.91 bits per heavy atom. The molecule has 0 fully saturated rings. The van der Waals surface area contributed by atoms with E-state index in [4.69, 9.17) is 26.2 Å². The van der Waals surface area contributed by atoms with Crippen LogP contribution in [0.3, 0.4) is 0 Å². The van der Waals surface area contributed by atoms with E-state index in [1.807, 2.05) is 70.2 Å². The van der Waals surface area contributed by atoms with Crippen LogP contribution >= 0.6 is 11.6 Å². The molecule has 0 saturated carbocycles. The minimum absolute atomic E-state index is 0.0771. The zero-order valence-electron chi connectivity index (χ0n) is 25.2. The fourth-order valence-corrected chi connectivity index (χ4v) is 5.26. The number of aromatic nitrogens is 4. The van der Waals surface area contributed by atoms with E-state index in [1.165, 1.54) is 15.8 Å². The summed E-state index contributed by atoms with van der Waals surface area (Å²) in [5.41, 5.74) is 3.39. The number of fused-ring (bicyclic) bond motifs is 4. The summed E-state index contributed by atoms with van der Waals surface area (Å²) in [5, 5.41) is 9.93. The predicted molar refractivity (Wildman–Crippen MR) is 171 cm³/mol. The molecular formula is C33H31ClN6O4. The van der Waals surface area contributed by atoms with Crippen LogP contribution in [0.25, 0.3) is 32.9 Å². The number of para-hydroxylation sites is 1. The minimum atomic E-state index is -0.781. The molecule has 2 unspecified atom stereocenters. The molecular weight excluding hydrogens is 580 g/mol. The first-order valence-electron chi connectivity index (χ1n) is 14.1. The van der Waals surface area contributed by atoms with Crippen molar-refractivity contribution in [2.24, 2.45) is 7.05 Å². The molecule has 4 heterocycles. The van der Waals surface area contributed by atoms with E-state index in [0.717, 1.165) is 27.4 Å². The Labute approximate surface area is 259 Å². The van der Waals surface area contributed by atoms with Crippen LogP contribution in [0.1, 0.15) is 39.0 Å². The number of halogens is 1. The van der Waals surface area contributed by atoms with Crippen LogP contribution in [0, 0.1) is 11.8 Å². The molecule has 0 spiro atoms. The number of nitrogens with one attached hydrogen (secondary N) is 1. The second-order valence-corrected chi connectivity index (χ2v) is 12.1. The van der Waals surface area contributed by atoms with Crippen LogP contribution in [-0.4, -0.2) is 55.4 Å². The summed E-state index contributed by atoms with van der Waals surface area (Å²) in [6, 6.07) is 16.1. The van der Waals surface area contributed by atoms with E-state index < -0.39 is 24.0 Å². The van der Waals surface area contributed by atoms with Gasteiger partial charge in [0.2, 0.25) is 6.23 Å². The van der Waals surface area contributed by atoms with Gasteiger partial charge in [0.1, 0.15) is 22.6 Å². The largest absolute Gasteiger partial charge is 0.444 e. The van der Waals surface area contributed by atoms with Crippen molar-refractivity contribution in [3.8, 4) is 23.0 Å². The lowest BCUT2D eigenvalue weighted by Gasteiger charge is -2.33. The summed E-state index contributed by atoms with van der Waals surface area (Å²) < 4.78 is 7.19. The Kier molecular flexibility index (Phi) is 7.22. The summed E-state index contributed by atoms with van der Waals surface area (Å²) in [6.45, 7) is 7.30. The van der Waals surface area contributed by atoms with Crippen LogP contribution < -0.4 is 15.7 Å². The van der Waals surface area contributed by atoms with E-state index in [1.54, 1.807) is 30.9 Å². The van der Waals surface area contributed by atoms with Gasteiger partial charge in [-0.25, -0.2) is 9.78 Å². The number of carbonyl (C=O) groups is 1. The smallest absolute Gasteiger partial charge is 0.410 e. The second-order valence-electron chi connectivity index (χ2n) is 11.7. The van der Waals surface area contributed by atoms with Crippen LogP contribution in [-0.2, 0) is 11.8 Å². The normalized spacial score (nSPS) is 14.8. The van der Waals surface area contributed by atoms with Gasteiger partial charge in [0.15, 0.2) is 0 Å². The van der Waals surface area contributed by atoms with E-state index >= 15 is 0 Å². The number of amides is 1. The molecule has 11 heteroatoms. The number of rotatable bonds is 2. The predicted octanol–water partition coefficient (Wildman–Crippen LogP) is 5.44. The SMILES string of the molecule is CC(C1Nc2cc(c(Cl)c(C#Cc3ccc4c(ccc(=O)n4C)c3)n2)-c2cccc3cnn(c23)O1)N(C)C(=O)OC(C)(C)C. The standard InChI is InChI=1S/C33H31ClN6O4/c1-19(38(5)32(42)43-33(2,3)4)31-37-27-17-24(23-9-7-8-22-18-35-40(44-31)30(22)23)29(34)25(36-27)13-10-20-11-14-26-21(16-20)12-15-28(41)39(26)6/h7-9,11-12,14-19,31H,1-6H3,(H,36,37). The van der Waals surface area contributed by atoms with Crippen LogP contribution in [0.4, 0.5) is 10.6 Å². The van der Waals surface area contributed by atoms with E-state index in [2.05, 4.69) is 22.3 Å². The summed E-state index contributed by atoms with van der Waals surface area (Å²) in [5.74, 6) is 6.79. The van der Waals surface area contributed by atoms with E-state index in [-0.39, 0.29) is 5.56 Å². The third kappa shape index (κ3) is 5.42. The number of aryl methyl sites for hydroxylation is 1. The third-order valence-electron chi connectivity index (χ3n) is 7.49. The van der Waals surface area contributed by atoms with Crippen molar-refractivity contribution in [1.82, 2.24) is 24.4 Å². The number of nitrogens with zero attached hydrogens (tertiary/aromatic N) is 5. The van der Waals surface area contributed by atoms with Gasteiger partial charge in [-0.05, 0) is 69.3 Å². The number of benzene rings is 2. The first-order valence-corrected chi connectivity index (χ1v) is 14.5. The highest BCUT2D eigenvalue weighted by atomic mass is 35.5. The van der Waals surface area contributed by atoms with Crippen LogP contribution in [0.5, 0.6) is 0 Å². The lowest BCUT2D eigenvalue weighted by molar-refractivity contribution is -0.0215. The molecule has 1 aliphatic rings. The van der Waals surface area contributed by atoms with Gasteiger partial charge in [0, 0.05) is 42.2 Å². The fraction of sp³-hybridized carbons (Fsp3) is 0.273. The number of carbonyl (C=O) groups excluding carboxylic acids is 1. The Morgan fingerprint density at radius 3 is 2.68 bits per heavy atom. The van der Waals surface area contributed by atoms with Gasteiger partial charge in [-0.15, -0.1) is 5.10 Å². The van der Waals surface area contributed by atoms with Gasteiger partial charge in [0.05, 0.1) is 22.8 Å². The molecule has 1 aliphatic heterocycles. The Balaban J connectivity index is 1.45. The van der Waals surface area contributed by atoms with Gasteiger partial charge < -0.3 is 24.4 Å². The quantitative estimate of drug-likeness (QED) is 0.266. The number of ether oxygens (including phenoxy) is 1. The maximum absolute atomic E-state index is 12.9. The lowest BCUT2D eigenvalue weighted by Crippen LogP contribution is -2.52. The van der Waals surface area contributed by atoms with Crippen molar-refractivity contribution in [2.75, 3.05) is 12.4 Å². The molecule has 5 aromatic rings. The van der Waals surface area contributed by atoms with Crippen molar-refractivity contribution in [3.63, 3.8) is 0 Å². The first kappa shape index (κ1) is 29.1. The molecule has 6 rings (SSSR count). The molecule has 0 saturated heterocycles. The van der Waals surface area contributed by atoms with Gasteiger partial charge in [-0.3, -0.25) is 4.79 Å². The molecule has 2 atom stereocenters. The summed E-state index contributed by atoms with van der Waals surface area (Å²) in [7, 11) is 3.39. The van der Waals surface area contributed by atoms with Gasteiger partial charge in [0.25, 0.3) is 5.56 Å². The third-order valence-corrected chi connectivity index (χ3v) is 7.87. The maximum Gasteiger partial charge on any atom is 0.410 e. The Hall–Kier alpha value is -5.01. The van der Waals surface area contributed by atoms with Crippen molar-refractivity contribution < 1.29 is 14.4 Å². The van der Waals surface area contributed by atoms with Gasteiger partial charge in [-0.1, -0.05) is 40.6 Å². The van der Waals surface area contributed by atoms with Gasteiger partial charge in [-0.2, -0.15) is 0 Å². The van der Waals surface area contributed by atoms with Crippen molar-refractivity contribution in [3.05, 3.63) is 87.4 Å². The molecule has 2 aromatic carbocycles. The Morgan fingerprint density at radius 1 is 1.11 bits per heavy atom. The number of hydrogen-bond acceptors (Lipinski definition) is 7. The van der Waals surface area contributed by atoms with E-state index in [0.29, 0.717) is 27.6 Å². The first-order chi connectivity index (χ1) is 20.9. The topological polar surface area (TPSA) is 104 Å². The highest BCUT2D eigenvalue weighted by molar-refractivity contribution is 6.34. The summed E-state index contributed by atoms with van der Waals surface area (Å²) >= 11 is 6.99. The van der Waals surface area contributed by atoms with Crippen molar-refractivity contribution in [2.45, 2.75) is 45.6 Å². The molecule has 1 N–H and O–H groups in total. The zero-order chi connectivity index (χ0) is 31.3. The molecule has 3 aromatic heterocycles. The van der Waals surface area contributed by atoms with Crippen molar-refractivity contribution >= 4 is 45.3 Å². The maximum atomic E-state index is 12.9. The molecule has 0 aliphatic carbocycles. The van der Waals surface area contributed by atoms with E-state index in [9.17, 15) is 9.59 Å². The molecule has 10 nitrogen and oxygen atoms in total. The molecule has 2 bridgehead atoms. The number of anilines is 1. The second kappa shape index (κ2) is 10.9. The number of pyridine rings is 2. The minimum Gasteiger partial charge on any atom is -0.444 e. The summed E-state index contributed by atoms with van der Waals surface area (Å²) in [6.07, 6.45) is 0.440. The monoisotopic (exact) mass is 610 g/mol. The molecule has 44 heavy (non-hydrogen) atoms. The highest BCUT2D eigenvalue weighted by Gasteiger charge is 2.32. The molecule has 0 radical (unpaired) electrons. The zero-order valence-corrected chi connectivity index (χ0v) is 25.9. The number of hydrogen-bond donors (Lipinski definition) is 1. The highest BCUT2D eigenvalue weighted by Crippen LogP contribution is 2.37. The fourth-order valence-electron chi connectivity index (χ4n) is 5.02. The Bertz CT molecular complexity index is 2070. The average molecular weight is 611 g/mol. The lowest BCUT2D eigenvalue weighted by atomic mass is 10.0. The van der Waals surface area contributed by atoms with Gasteiger partial charge >= 0.3 is 6.09 Å². The molecule has 224 valence electrons. The average Bonchev–Trinajstić information content (AvgIpc) is 3.41. The van der Waals surface area contributed by atoms with Crippen LogP contribution in [0.2, 0.25) is 5.02 Å².